The van der Waals surface area contributed by atoms with E-state index in [1.165, 1.54) is 37.7 Å². The Morgan fingerprint density at radius 1 is 1.07 bits per heavy atom. The molecule has 4 rings (SSSR count). The third kappa shape index (κ3) is 3.82. The lowest BCUT2D eigenvalue weighted by molar-refractivity contribution is -0.0971. The van der Waals surface area contributed by atoms with Crippen LogP contribution in [0.5, 0.6) is 0 Å². The smallest absolute Gasteiger partial charge is 0.0757 e. The summed E-state index contributed by atoms with van der Waals surface area (Å²) in [5.41, 5.74) is 1.31. The van der Waals surface area contributed by atoms with E-state index in [1.54, 1.807) is 0 Å². The molecule has 30 heavy (non-hydrogen) atoms. The summed E-state index contributed by atoms with van der Waals surface area (Å²) in [6, 6.07) is 0. The monoisotopic (exact) mass is 418 g/mol. The molecule has 0 amide bonds. The van der Waals surface area contributed by atoms with E-state index in [2.05, 4.69) is 26.8 Å². The Balaban J connectivity index is 1.52. The zero-order chi connectivity index (χ0) is 21.9. The molecule has 0 aromatic rings. The summed E-state index contributed by atoms with van der Waals surface area (Å²) >= 11 is 0. The quantitative estimate of drug-likeness (QED) is 0.519. The van der Waals surface area contributed by atoms with Crippen LogP contribution in [0.4, 0.5) is 0 Å². The van der Waals surface area contributed by atoms with E-state index in [-0.39, 0.29) is 17.6 Å². The highest BCUT2D eigenvalue weighted by molar-refractivity contribution is 5.27. The molecule has 0 heterocycles. The van der Waals surface area contributed by atoms with E-state index in [0.29, 0.717) is 29.1 Å². The number of aliphatic hydroxyl groups excluding tert-OH is 2. The van der Waals surface area contributed by atoms with Crippen molar-refractivity contribution in [3.8, 4) is 0 Å². The van der Waals surface area contributed by atoms with Crippen molar-refractivity contribution < 1.29 is 15.3 Å². The van der Waals surface area contributed by atoms with Crippen molar-refractivity contribution in [3.63, 3.8) is 0 Å². The van der Waals surface area contributed by atoms with Gasteiger partial charge in [-0.05, 0) is 106 Å². The van der Waals surface area contributed by atoms with Gasteiger partial charge in [0.15, 0.2) is 0 Å². The molecule has 172 valence electrons. The highest BCUT2D eigenvalue weighted by atomic mass is 16.3. The van der Waals surface area contributed by atoms with Gasteiger partial charge in [-0.3, -0.25) is 0 Å². The summed E-state index contributed by atoms with van der Waals surface area (Å²) < 4.78 is 0. The SMILES string of the molecule is C[C@H](CCCC(C)(C)O)[C@H]1CC[C@H]2[C@@H]3C(O)C=C4C[C@@H](O)CC[C@]4(C)[C@H]3CC[C@]12C. The standard InChI is InChI=1S/C27H46O3/c1-17(7-6-12-25(2,3)30)20-8-9-21-24-22(11-14-27(20,21)5)26(4)13-10-19(28)15-18(26)16-23(24)29/h16-17,19-24,28-30H,6-15H2,1-5H3/t17-,19+,20-,21+,22+,23?,24+,26+,27-/m1/s1. The summed E-state index contributed by atoms with van der Waals surface area (Å²) in [5, 5.41) is 31.6. The molecule has 0 spiro atoms. The average Bonchev–Trinajstić information content (AvgIpc) is 2.99. The molecular weight excluding hydrogens is 372 g/mol. The summed E-state index contributed by atoms with van der Waals surface area (Å²) in [7, 11) is 0. The molecule has 3 nitrogen and oxygen atoms in total. The van der Waals surface area contributed by atoms with Crippen molar-refractivity contribution in [1.82, 2.24) is 0 Å². The van der Waals surface area contributed by atoms with Gasteiger partial charge in [-0.2, -0.15) is 0 Å². The van der Waals surface area contributed by atoms with Crippen molar-refractivity contribution in [2.24, 2.45) is 40.4 Å². The first-order chi connectivity index (χ1) is 14.0. The van der Waals surface area contributed by atoms with Crippen LogP contribution < -0.4 is 0 Å². The maximum Gasteiger partial charge on any atom is 0.0757 e. The first kappa shape index (κ1) is 22.8. The van der Waals surface area contributed by atoms with Crippen molar-refractivity contribution >= 4 is 0 Å². The molecule has 9 atom stereocenters. The van der Waals surface area contributed by atoms with E-state index in [0.717, 1.165) is 38.0 Å². The van der Waals surface area contributed by atoms with Crippen LogP contribution in [0.2, 0.25) is 0 Å². The van der Waals surface area contributed by atoms with Gasteiger partial charge < -0.3 is 15.3 Å². The van der Waals surface area contributed by atoms with Gasteiger partial charge in [-0.1, -0.05) is 45.3 Å². The number of hydrogen-bond donors (Lipinski definition) is 3. The lowest BCUT2D eigenvalue weighted by atomic mass is 9.46. The Bertz CT molecular complexity index is 664. The first-order valence-electron chi connectivity index (χ1n) is 12.8. The molecule has 0 aliphatic heterocycles. The fraction of sp³-hybridized carbons (Fsp3) is 0.926. The van der Waals surface area contributed by atoms with Crippen LogP contribution in [0.15, 0.2) is 11.6 Å². The lowest BCUT2D eigenvalue weighted by Crippen LogP contribution is -2.54. The van der Waals surface area contributed by atoms with Gasteiger partial charge in [-0.25, -0.2) is 0 Å². The Labute approximate surface area is 184 Å². The minimum absolute atomic E-state index is 0.181. The normalized spacial score (nSPS) is 47.1. The maximum atomic E-state index is 11.3. The predicted octanol–water partition coefficient (Wildman–Crippen LogP) is 5.47. The summed E-state index contributed by atoms with van der Waals surface area (Å²) in [6.07, 6.45) is 12.6. The van der Waals surface area contributed by atoms with Crippen molar-refractivity contribution in [2.45, 2.75) is 117 Å². The maximum absolute atomic E-state index is 11.3. The second-order valence-electron chi connectivity index (χ2n) is 12.7. The van der Waals surface area contributed by atoms with Crippen LogP contribution in [0, 0.1) is 40.4 Å². The molecular formula is C27H46O3. The van der Waals surface area contributed by atoms with Crippen molar-refractivity contribution in [2.75, 3.05) is 0 Å². The zero-order valence-corrected chi connectivity index (χ0v) is 20.0. The molecule has 3 saturated carbocycles. The van der Waals surface area contributed by atoms with Crippen LogP contribution >= 0.6 is 0 Å². The van der Waals surface area contributed by atoms with Crippen LogP contribution in [0.1, 0.15) is 98.8 Å². The van der Waals surface area contributed by atoms with Gasteiger partial charge in [0.25, 0.3) is 0 Å². The molecule has 0 aromatic carbocycles. The van der Waals surface area contributed by atoms with Crippen molar-refractivity contribution in [3.05, 3.63) is 11.6 Å². The summed E-state index contributed by atoms with van der Waals surface area (Å²) in [5.74, 6) is 3.01. The molecule has 4 aliphatic carbocycles. The van der Waals surface area contributed by atoms with Gasteiger partial charge in [0.2, 0.25) is 0 Å². The predicted molar refractivity (Wildman–Crippen MR) is 122 cm³/mol. The molecule has 3 N–H and O–H groups in total. The minimum Gasteiger partial charge on any atom is -0.393 e. The van der Waals surface area contributed by atoms with E-state index in [1.807, 2.05) is 13.8 Å². The zero-order valence-electron chi connectivity index (χ0n) is 20.0. The molecule has 4 aliphatic rings. The molecule has 0 bridgehead atoms. The molecule has 1 unspecified atom stereocenters. The molecule has 3 heteroatoms. The third-order valence-electron chi connectivity index (χ3n) is 10.3. The van der Waals surface area contributed by atoms with E-state index >= 15 is 0 Å². The second kappa shape index (κ2) is 7.89. The van der Waals surface area contributed by atoms with E-state index < -0.39 is 5.60 Å². The van der Waals surface area contributed by atoms with Crippen LogP contribution in [-0.2, 0) is 0 Å². The summed E-state index contributed by atoms with van der Waals surface area (Å²) in [6.45, 7) is 11.2. The van der Waals surface area contributed by atoms with E-state index in [4.69, 9.17) is 0 Å². The number of fused-ring (bicyclic) bond motifs is 5. The van der Waals surface area contributed by atoms with E-state index in [9.17, 15) is 15.3 Å². The molecule has 0 saturated heterocycles. The van der Waals surface area contributed by atoms with Gasteiger partial charge >= 0.3 is 0 Å². The molecule has 3 fully saturated rings. The lowest BCUT2D eigenvalue weighted by Gasteiger charge is -2.59. The fourth-order valence-corrected chi connectivity index (χ4v) is 8.66. The number of aliphatic hydroxyl groups is 3. The number of hydrogen-bond acceptors (Lipinski definition) is 3. The minimum atomic E-state index is -0.556. The summed E-state index contributed by atoms with van der Waals surface area (Å²) in [4.78, 5) is 0. The van der Waals surface area contributed by atoms with Crippen molar-refractivity contribution in [1.29, 1.82) is 0 Å². The van der Waals surface area contributed by atoms with Gasteiger partial charge in [-0.15, -0.1) is 0 Å². The Hall–Kier alpha value is -0.380. The molecule has 0 radical (unpaired) electrons. The molecule has 0 aromatic heterocycles. The van der Waals surface area contributed by atoms with Crippen LogP contribution in [-0.4, -0.2) is 33.1 Å². The Kier molecular flexibility index (Phi) is 5.99. The Morgan fingerprint density at radius 2 is 1.80 bits per heavy atom. The highest BCUT2D eigenvalue weighted by Gasteiger charge is 2.61. The second-order valence-corrected chi connectivity index (χ2v) is 12.7. The van der Waals surface area contributed by atoms with Gasteiger partial charge in [0.1, 0.15) is 0 Å². The average molecular weight is 419 g/mol. The van der Waals surface area contributed by atoms with Gasteiger partial charge in [0.05, 0.1) is 17.8 Å². The topological polar surface area (TPSA) is 60.7 Å². The van der Waals surface area contributed by atoms with Gasteiger partial charge in [0, 0.05) is 0 Å². The third-order valence-corrected chi connectivity index (χ3v) is 10.3. The van der Waals surface area contributed by atoms with Crippen LogP contribution in [0.3, 0.4) is 0 Å². The Morgan fingerprint density at radius 3 is 2.50 bits per heavy atom. The largest absolute Gasteiger partial charge is 0.393 e. The highest BCUT2D eigenvalue weighted by Crippen LogP contribution is 2.67. The van der Waals surface area contributed by atoms with Crippen LogP contribution in [0.25, 0.3) is 0 Å². The first-order valence-corrected chi connectivity index (χ1v) is 12.8. The number of rotatable bonds is 5. The fourth-order valence-electron chi connectivity index (χ4n) is 8.66.